The van der Waals surface area contributed by atoms with Crippen LogP contribution in [0.4, 0.5) is 16.2 Å². The maximum absolute atomic E-state index is 13.1. The van der Waals surface area contributed by atoms with Crippen molar-refractivity contribution in [3.63, 3.8) is 0 Å². The SMILES string of the molecule is COC(=O)Oc1ccc2c(c1)NC(=O)C2C(=Nc1ccc(C(=O)NCCC(N)=O)cc1)c1ccccc1. The Morgan fingerprint density at radius 2 is 1.73 bits per heavy atom. The Hall–Kier alpha value is -4.99. The number of anilines is 1. The van der Waals surface area contributed by atoms with Gasteiger partial charge in [0.05, 0.1) is 18.5 Å². The van der Waals surface area contributed by atoms with E-state index in [4.69, 9.17) is 15.5 Å². The maximum atomic E-state index is 13.1. The predicted octanol–water partition coefficient (Wildman–Crippen LogP) is 3.29. The van der Waals surface area contributed by atoms with Crippen LogP contribution in [0.15, 0.2) is 77.8 Å². The van der Waals surface area contributed by atoms with Gasteiger partial charge in [-0.25, -0.2) is 4.79 Å². The van der Waals surface area contributed by atoms with E-state index in [1.54, 1.807) is 42.5 Å². The highest BCUT2D eigenvalue weighted by Crippen LogP contribution is 2.38. The fourth-order valence-electron chi connectivity index (χ4n) is 3.85. The molecule has 1 aliphatic rings. The molecule has 0 aromatic heterocycles. The molecule has 3 aromatic rings. The number of amides is 3. The smallest absolute Gasteiger partial charge is 0.437 e. The van der Waals surface area contributed by atoms with Gasteiger partial charge in [-0.2, -0.15) is 0 Å². The third-order valence-electron chi connectivity index (χ3n) is 5.60. The second kappa shape index (κ2) is 11.2. The van der Waals surface area contributed by atoms with Gasteiger partial charge in [-0.05, 0) is 41.5 Å². The number of carbonyl (C=O) groups excluding carboxylic acids is 4. The summed E-state index contributed by atoms with van der Waals surface area (Å²) in [6.07, 6.45) is -0.812. The quantitative estimate of drug-likeness (QED) is 0.245. The molecule has 37 heavy (non-hydrogen) atoms. The molecule has 1 atom stereocenters. The van der Waals surface area contributed by atoms with E-state index in [2.05, 4.69) is 15.4 Å². The number of fused-ring (bicyclic) bond motifs is 1. The van der Waals surface area contributed by atoms with Crippen LogP contribution in [0.3, 0.4) is 0 Å². The minimum atomic E-state index is -0.864. The first-order valence-electron chi connectivity index (χ1n) is 11.4. The van der Waals surface area contributed by atoms with Crippen molar-refractivity contribution in [3.8, 4) is 5.75 Å². The summed E-state index contributed by atoms with van der Waals surface area (Å²) in [5.74, 6) is -1.61. The van der Waals surface area contributed by atoms with Crippen LogP contribution in [-0.2, 0) is 14.3 Å². The van der Waals surface area contributed by atoms with Gasteiger partial charge in [0.2, 0.25) is 11.8 Å². The molecular formula is C27H24N4O6. The molecule has 4 rings (SSSR count). The van der Waals surface area contributed by atoms with Crippen molar-refractivity contribution in [1.29, 1.82) is 0 Å². The van der Waals surface area contributed by atoms with E-state index in [0.29, 0.717) is 28.2 Å². The van der Waals surface area contributed by atoms with Gasteiger partial charge in [0.15, 0.2) is 0 Å². The fraction of sp³-hybridized carbons (Fsp3) is 0.148. The van der Waals surface area contributed by atoms with Gasteiger partial charge in [-0.15, -0.1) is 0 Å². The monoisotopic (exact) mass is 500 g/mol. The number of ether oxygens (including phenoxy) is 2. The maximum Gasteiger partial charge on any atom is 0.513 e. The second-order valence-corrected chi connectivity index (χ2v) is 8.11. The van der Waals surface area contributed by atoms with Crippen LogP contribution < -0.4 is 21.1 Å². The van der Waals surface area contributed by atoms with Crippen LogP contribution >= 0.6 is 0 Å². The molecule has 188 valence electrons. The van der Waals surface area contributed by atoms with Crippen LogP contribution in [0.25, 0.3) is 0 Å². The molecule has 3 amide bonds. The molecule has 0 radical (unpaired) electrons. The van der Waals surface area contributed by atoms with Crippen LogP contribution in [0.2, 0.25) is 0 Å². The second-order valence-electron chi connectivity index (χ2n) is 8.11. The Labute approximate surface area is 212 Å². The molecule has 0 aliphatic carbocycles. The van der Waals surface area contributed by atoms with E-state index in [9.17, 15) is 19.2 Å². The topological polar surface area (TPSA) is 149 Å². The number of carbonyl (C=O) groups is 4. The Bertz CT molecular complexity index is 1370. The van der Waals surface area contributed by atoms with Crippen molar-refractivity contribution in [2.75, 3.05) is 19.0 Å². The minimum absolute atomic E-state index is 0.0514. The molecule has 3 aromatic carbocycles. The van der Waals surface area contributed by atoms with Gasteiger partial charge in [-0.1, -0.05) is 36.4 Å². The molecule has 10 nitrogen and oxygen atoms in total. The number of nitrogens with zero attached hydrogens (tertiary/aromatic N) is 1. The molecule has 4 N–H and O–H groups in total. The molecule has 0 saturated heterocycles. The number of nitrogens with two attached hydrogens (primary N) is 1. The lowest BCUT2D eigenvalue weighted by Crippen LogP contribution is -2.27. The zero-order valence-electron chi connectivity index (χ0n) is 19.9. The molecule has 0 spiro atoms. The van der Waals surface area contributed by atoms with E-state index < -0.39 is 18.0 Å². The Kier molecular flexibility index (Phi) is 7.58. The summed E-state index contributed by atoms with van der Waals surface area (Å²) >= 11 is 0. The fourth-order valence-corrected chi connectivity index (χ4v) is 3.85. The normalized spacial score (nSPS) is 14.4. The van der Waals surface area contributed by atoms with Crippen LogP contribution in [0, 0.1) is 0 Å². The highest BCUT2D eigenvalue weighted by molar-refractivity contribution is 6.24. The van der Waals surface area contributed by atoms with Crippen molar-refractivity contribution in [3.05, 3.63) is 89.5 Å². The van der Waals surface area contributed by atoms with Gasteiger partial charge in [0.25, 0.3) is 5.91 Å². The summed E-state index contributed by atoms with van der Waals surface area (Å²) in [5, 5.41) is 5.46. The van der Waals surface area contributed by atoms with E-state index in [1.165, 1.54) is 7.11 Å². The Morgan fingerprint density at radius 1 is 1.00 bits per heavy atom. The summed E-state index contributed by atoms with van der Waals surface area (Å²) in [6, 6.07) is 20.7. The molecule has 0 fully saturated rings. The summed E-state index contributed by atoms with van der Waals surface area (Å²) in [4.78, 5) is 52.5. The molecular weight excluding hydrogens is 476 g/mol. The highest BCUT2D eigenvalue weighted by atomic mass is 16.7. The lowest BCUT2D eigenvalue weighted by atomic mass is 9.90. The molecule has 1 heterocycles. The first kappa shape index (κ1) is 25.1. The van der Waals surface area contributed by atoms with E-state index in [0.717, 1.165) is 5.56 Å². The molecule has 1 unspecified atom stereocenters. The number of methoxy groups -OCH3 is 1. The van der Waals surface area contributed by atoms with Crippen molar-refractivity contribution in [2.45, 2.75) is 12.3 Å². The number of primary amides is 1. The number of aliphatic imine (C=N–C) groups is 1. The van der Waals surface area contributed by atoms with Crippen molar-refractivity contribution >= 4 is 41.0 Å². The zero-order valence-corrected chi connectivity index (χ0v) is 19.9. The van der Waals surface area contributed by atoms with Gasteiger partial charge in [0, 0.05) is 30.3 Å². The number of rotatable bonds is 8. The van der Waals surface area contributed by atoms with Gasteiger partial charge in [0.1, 0.15) is 11.7 Å². The first-order chi connectivity index (χ1) is 17.9. The van der Waals surface area contributed by atoms with E-state index in [-0.39, 0.29) is 30.5 Å². The van der Waals surface area contributed by atoms with Crippen LogP contribution in [-0.4, -0.2) is 43.2 Å². The summed E-state index contributed by atoms with van der Waals surface area (Å²) < 4.78 is 9.59. The van der Waals surface area contributed by atoms with Crippen molar-refractivity contribution < 1.29 is 28.7 Å². The lowest BCUT2D eigenvalue weighted by molar-refractivity contribution is -0.118. The standard InChI is InChI=1S/C27H24N4O6/c1-36-27(35)37-19-11-12-20-21(15-19)31-26(34)23(20)24(16-5-3-2-4-6-16)30-18-9-7-17(8-10-18)25(33)29-14-13-22(28)32/h2-12,15,23H,13-14H2,1H3,(H2,28,32)(H,29,33)(H,31,34). The molecule has 0 bridgehead atoms. The number of benzene rings is 3. The number of hydrogen-bond acceptors (Lipinski definition) is 7. The van der Waals surface area contributed by atoms with Crippen molar-refractivity contribution in [2.24, 2.45) is 10.7 Å². The summed E-state index contributed by atoms with van der Waals surface area (Å²) in [7, 11) is 1.21. The Morgan fingerprint density at radius 3 is 2.41 bits per heavy atom. The summed E-state index contributed by atoms with van der Waals surface area (Å²) in [5.41, 5.74) is 8.47. The van der Waals surface area contributed by atoms with Crippen LogP contribution in [0.5, 0.6) is 5.75 Å². The lowest BCUT2D eigenvalue weighted by Gasteiger charge is -2.14. The first-order valence-corrected chi connectivity index (χ1v) is 11.4. The highest BCUT2D eigenvalue weighted by Gasteiger charge is 2.35. The third kappa shape index (κ3) is 5.99. The van der Waals surface area contributed by atoms with E-state index in [1.807, 2.05) is 30.3 Å². The molecule has 0 saturated carbocycles. The minimum Gasteiger partial charge on any atom is -0.437 e. The van der Waals surface area contributed by atoms with E-state index >= 15 is 0 Å². The van der Waals surface area contributed by atoms with Crippen LogP contribution in [0.1, 0.15) is 33.8 Å². The number of nitrogens with one attached hydrogen (secondary N) is 2. The van der Waals surface area contributed by atoms with Gasteiger partial charge >= 0.3 is 6.16 Å². The average molecular weight is 501 g/mol. The largest absolute Gasteiger partial charge is 0.513 e. The third-order valence-corrected chi connectivity index (χ3v) is 5.60. The molecule has 10 heteroatoms. The molecule has 1 aliphatic heterocycles. The van der Waals surface area contributed by atoms with Crippen molar-refractivity contribution in [1.82, 2.24) is 5.32 Å². The number of hydrogen-bond donors (Lipinski definition) is 3. The van der Waals surface area contributed by atoms with Gasteiger partial charge in [-0.3, -0.25) is 19.4 Å². The predicted molar refractivity (Wildman–Crippen MR) is 136 cm³/mol. The Balaban J connectivity index is 1.64. The average Bonchev–Trinajstić information content (AvgIpc) is 3.22. The zero-order chi connectivity index (χ0) is 26.4. The van der Waals surface area contributed by atoms with Gasteiger partial charge < -0.3 is 25.8 Å². The summed E-state index contributed by atoms with van der Waals surface area (Å²) in [6.45, 7) is 0.148.